The summed E-state index contributed by atoms with van der Waals surface area (Å²) in [5.41, 5.74) is -0.221. The highest BCUT2D eigenvalue weighted by Gasteiger charge is 2.41. The number of methoxy groups -OCH3 is 1. The first kappa shape index (κ1) is 13.8. The lowest BCUT2D eigenvalue weighted by atomic mass is 9.67. The Morgan fingerprint density at radius 1 is 1.28 bits per heavy atom. The van der Waals surface area contributed by atoms with E-state index >= 15 is 0 Å². The minimum Gasteiger partial charge on any atom is -0.368 e. The number of nitrogens with one attached hydrogen (secondary N) is 2. The van der Waals surface area contributed by atoms with Crippen LogP contribution in [0.15, 0.2) is 0 Å². The van der Waals surface area contributed by atoms with Crippen LogP contribution in [0.25, 0.3) is 0 Å². The van der Waals surface area contributed by atoms with Gasteiger partial charge in [0.1, 0.15) is 5.60 Å². The maximum atomic E-state index is 12.4. The van der Waals surface area contributed by atoms with Crippen molar-refractivity contribution in [1.82, 2.24) is 10.6 Å². The first-order valence-corrected chi connectivity index (χ1v) is 7.21. The highest BCUT2D eigenvalue weighted by Crippen LogP contribution is 2.43. The molecule has 2 aliphatic rings. The van der Waals surface area contributed by atoms with Crippen LogP contribution in [0.3, 0.4) is 0 Å². The summed E-state index contributed by atoms with van der Waals surface area (Å²) in [5.74, 6) is 0.0891. The van der Waals surface area contributed by atoms with E-state index in [0.29, 0.717) is 5.41 Å². The minimum atomic E-state index is -0.593. The Hall–Kier alpha value is -0.610. The smallest absolute Gasteiger partial charge is 0.252 e. The van der Waals surface area contributed by atoms with E-state index in [9.17, 15) is 4.79 Å². The van der Waals surface area contributed by atoms with Crippen molar-refractivity contribution < 1.29 is 9.53 Å². The molecule has 0 atom stereocenters. The van der Waals surface area contributed by atoms with Gasteiger partial charge in [0.05, 0.1) is 0 Å². The predicted octanol–water partition coefficient (Wildman–Crippen LogP) is 1.45. The molecule has 0 bridgehead atoms. The first-order chi connectivity index (χ1) is 8.66. The second kappa shape index (κ2) is 5.57. The highest BCUT2D eigenvalue weighted by molar-refractivity contribution is 5.85. The summed E-state index contributed by atoms with van der Waals surface area (Å²) in [6, 6.07) is 0. The lowest BCUT2D eigenvalue weighted by molar-refractivity contribution is -0.147. The molecule has 18 heavy (non-hydrogen) atoms. The van der Waals surface area contributed by atoms with Crippen LogP contribution in [0.4, 0.5) is 0 Å². The van der Waals surface area contributed by atoms with Crippen LogP contribution in [-0.4, -0.2) is 38.3 Å². The molecule has 0 radical (unpaired) electrons. The van der Waals surface area contributed by atoms with E-state index in [1.807, 2.05) is 0 Å². The van der Waals surface area contributed by atoms with Gasteiger partial charge in [-0.1, -0.05) is 13.3 Å². The molecule has 0 unspecified atom stereocenters. The largest absolute Gasteiger partial charge is 0.368 e. The molecule has 1 aliphatic carbocycles. The molecule has 0 aromatic rings. The zero-order chi connectivity index (χ0) is 13.1. The van der Waals surface area contributed by atoms with Gasteiger partial charge in [0.25, 0.3) is 5.91 Å². The Balaban J connectivity index is 1.89. The number of hydrogen-bond acceptors (Lipinski definition) is 3. The van der Waals surface area contributed by atoms with Crippen LogP contribution in [0.5, 0.6) is 0 Å². The van der Waals surface area contributed by atoms with Crippen LogP contribution >= 0.6 is 0 Å². The molecule has 0 aromatic heterocycles. The summed E-state index contributed by atoms with van der Waals surface area (Å²) in [5, 5.41) is 6.42. The van der Waals surface area contributed by atoms with E-state index in [0.717, 1.165) is 38.9 Å². The molecule has 1 amide bonds. The van der Waals surface area contributed by atoms with E-state index < -0.39 is 5.60 Å². The van der Waals surface area contributed by atoms with Gasteiger partial charge in [-0.05, 0) is 50.6 Å². The second-order valence-corrected chi connectivity index (χ2v) is 5.84. The van der Waals surface area contributed by atoms with Crippen molar-refractivity contribution in [1.29, 1.82) is 0 Å². The number of rotatable bonds is 5. The fourth-order valence-corrected chi connectivity index (χ4v) is 3.12. The molecular weight excluding hydrogens is 228 g/mol. The number of carbonyl (C=O) groups is 1. The molecule has 0 spiro atoms. The Morgan fingerprint density at radius 3 is 2.39 bits per heavy atom. The van der Waals surface area contributed by atoms with Gasteiger partial charge in [0.2, 0.25) is 0 Å². The van der Waals surface area contributed by atoms with E-state index in [-0.39, 0.29) is 5.91 Å². The maximum Gasteiger partial charge on any atom is 0.252 e. The molecule has 1 saturated carbocycles. The molecule has 0 aromatic carbocycles. The average Bonchev–Trinajstić information content (AvgIpc) is 2.38. The van der Waals surface area contributed by atoms with E-state index in [2.05, 4.69) is 17.6 Å². The predicted molar refractivity (Wildman–Crippen MR) is 71.4 cm³/mol. The molecule has 4 nitrogen and oxygen atoms in total. The van der Waals surface area contributed by atoms with Gasteiger partial charge in [-0.25, -0.2) is 0 Å². The third-order valence-corrected chi connectivity index (χ3v) is 5.00. The van der Waals surface area contributed by atoms with Crippen LogP contribution in [0.1, 0.15) is 45.4 Å². The number of amides is 1. The minimum absolute atomic E-state index is 0.0891. The van der Waals surface area contributed by atoms with Gasteiger partial charge in [-0.2, -0.15) is 0 Å². The van der Waals surface area contributed by atoms with E-state index in [1.165, 1.54) is 19.3 Å². The third kappa shape index (κ3) is 2.54. The fourth-order valence-electron chi connectivity index (χ4n) is 3.12. The highest BCUT2D eigenvalue weighted by atomic mass is 16.5. The van der Waals surface area contributed by atoms with Gasteiger partial charge in [0.15, 0.2) is 0 Å². The molecule has 104 valence electrons. The van der Waals surface area contributed by atoms with E-state index in [1.54, 1.807) is 7.11 Å². The molecule has 4 heteroatoms. The van der Waals surface area contributed by atoms with Crippen molar-refractivity contribution in [3.8, 4) is 0 Å². The van der Waals surface area contributed by atoms with Gasteiger partial charge < -0.3 is 15.4 Å². The fraction of sp³-hybridized carbons (Fsp3) is 0.929. The normalized spacial score (nSPS) is 25.2. The molecule has 1 saturated heterocycles. The Bertz CT molecular complexity index is 289. The molecule has 1 aliphatic heterocycles. The topological polar surface area (TPSA) is 50.4 Å². The SMILES string of the molecule is CCC1(CNC(=O)C2(OC)CCNCC2)CCC1. The van der Waals surface area contributed by atoms with Crippen molar-refractivity contribution in [2.24, 2.45) is 5.41 Å². The van der Waals surface area contributed by atoms with Crippen molar-refractivity contribution in [2.75, 3.05) is 26.7 Å². The quantitative estimate of drug-likeness (QED) is 0.781. The Kier molecular flexibility index (Phi) is 4.28. The van der Waals surface area contributed by atoms with Crippen molar-refractivity contribution in [3.05, 3.63) is 0 Å². The zero-order valence-corrected chi connectivity index (χ0v) is 11.7. The summed E-state index contributed by atoms with van der Waals surface area (Å²) in [4.78, 5) is 12.4. The van der Waals surface area contributed by atoms with Crippen LogP contribution in [0, 0.1) is 5.41 Å². The van der Waals surface area contributed by atoms with Crippen LogP contribution in [-0.2, 0) is 9.53 Å². The number of carbonyl (C=O) groups excluding carboxylic acids is 1. The molecule has 1 heterocycles. The molecule has 2 N–H and O–H groups in total. The third-order valence-electron chi connectivity index (χ3n) is 5.00. The van der Waals surface area contributed by atoms with Crippen molar-refractivity contribution in [2.45, 2.75) is 51.0 Å². The molecule has 2 rings (SSSR count). The molecular formula is C14H26N2O2. The number of hydrogen-bond donors (Lipinski definition) is 2. The van der Waals surface area contributed by atoms with Crippen LogP contribution < -0.4 is 10.6 Å². The number of ether oxygens (including phenoxy) is 1. The summed E-state index contributed by atoms with van der Waals surface area (Å²) >= 11 is 0. The lowest BCUT2D eigenvalue weighted by Crippen LogP contribution is -2.56. The standard InChI is InChI=1S/C14H26N2O2/c1-3-13(5-4-6-13)11-16-12(17)14(18-2)7-9-15-10-8-14/h15H,3-11H2,1-2H3,(H,16,17). The Morgan fingerprint density at radius 2 is 1.94 bits per heavy atom. The van der Waals surface area contributed by atoms with E-state index in [4.69, 9.17) is 4.74 Å². The monoisotopic (exact) mass is 254 g/mol. The molecule has 2 fully saturated rings. The van der Waals surface area contributed by atoms with Gasteiger partial charge in [-0.15, -0.1) is 0 Å². The summed E-state index contributed by atoms with van der Waals surface area (Å²) in [6.45, 7) is 4.77. The van der Waals surface area contributed by atoms with Crippen LogP contribution in [0.2, 0.25) is 0 Å². The summed E-state index contributed by atoms with van der Waals surface area (Å²) < 4.78 is 5.54. The zero-order valence-electron chi connectivity index (χ0n) is 11.7. The van der Waals surface area contributed by atoms with Crippen molar-refractivity contribution >= 4 is 5.91 Å². The van der Waals surface area contributed by atoms with Gasteiger partial charge >= 0.3 is 0 Å². The van der Waals surface area contributed by atoms with Crippen molar-refractivity contribution in [3.63, 3.8) is 0 Å². The van der Waals surface area contributed by atoms with Gasteiger partial charge in [0, 0.05) is 13.7 Å². The first-order valence-electron chi connectivity index (χ1n) is 7.21. The lowest BCUT2D eigenvalue weighted by Gasteiger charge is -2.43. The van der Waals surface area contributed by atoms with Gasteiger partial charge in [-0.3, -0.25) is 4.79 Å². The summed E-state index contributed by atoms with van der Waals surface area (Å²) in [7, 11) is 1.66. The average molecular weight is 254 g/mol. The Labute approximate surface area is 110 Å². The maximum absolute atomic E-state index is 12.4. The second-order valence-electron chi connectivity index (χ2n) is 5.84. The number of piperidine rings is 1. The summed E-state index contributed by atoms with van der Waals surface area (Å²) in [6.07, 6.45) is 6.53.